The van der Waals surface area contributed by atoms with Crippen molar-refractivity contribution in [3.05, 3.63) is 40.4 Å². The number of hydrogen-bond donors (Lipinski definition) is 0. The van der Waals surface area contributed by atoms with Gasteiger partial charge in [-0.3, -0.25) is 0 Å². The van der Waals surface area contributed by atoms with Gasteiger partial charge in [0.2, 0.25) is 0 Å². The fourth-order valence-corrected chi connectivity index (χ4v) is 2.11. The lowest BCUT2D eigenvalue weighted by Gasteiger charge is -1.96. The average molecular weight is 257 g/mol. The molecule has 0 atom stereocenters. The Hall–Kier alpha value is -2.70. The molecule has 1 aromatic carbocycles. The quantitative estimate of drug-likeness (QED) is 0.518. The smallest absolute Gasteiger partial charge is 0.345 e. The number of rotatable bonds is 2. The van der Waals surface area contributed by atoms with Crippen molar-refractivity contribution in [2.24, 2.45) is 14.1 Å². The monoisotopic (exact) mass is 257 g/mol. The van der Waals surface area contributed by atoms with Gasteiger partial charge in [-0.1, -0.05) is 17.2 Å². The Bertz CT molecular complexity index is 787. The van der Waals surface area contributed by atoms with Crippen molar-refractivity contribution in [1.82, 2.24) is 19.3 Å². The Morgan fingerprint density at radius 1 is 1.26 bits per heavy atom. The second-order valence-corrected chi connectivity index (χ2v) is 4.25. The van der Waals surface area contributed by atoms with E-state index in [1.165, 1.54) is 10.7 Å². The van der Waals surface area contributed by atoms with Crippen LogP contribution in [-0.4, -0.2) is 24.3 Å². The van der Waals surface area contributed by atoms with E-state index >= 15 is 0 Å². The Labute approximate surface area is 108 Å². The highest BCUT2D eigenvalue weighted by Gasteiger charge is 2.19. The third kappa shape index (κ3) is 1.67. The lowest BCUT2D eigenvalue weighted by atomic mass is 10.3. The maximum absolute atomic E-state index is 10.8. The van der Waals surface area contributed by atoms with E-state index in [1.807, 2.05) is 35.9 Å². The molecular formula is C12H11N5O2. The summed E-state index contributed by atoms with van der Waals surface area (Å²) in [5.74, 6) is 0.562. The maximum Gasteiger partial charge on any atom is 0.345 e. The molecule has 0 unspecified atom stereocenters. The summed E-state index contributed by atoms with van der Waals surface area (Å²) in [4.78, 5) is 14.8. The lowest BCUT2D eigenvalue weighted by molar-refractivity contribution is -0.392. The topological polar surface area (TPSA) is 78.8 Å². The minimum atomic E-state index is -0.459. The zero-order chi connectivity index (χ0) is 13.6. The molecule has 3 aromatic rings. The second kappa shape index (κ2) is 3.91. The summed E-state index contributed by atoms with van der Waals surface area (Å²) >= 11 is 0. The molecule has 19 heavy (non-hydrogen) atoms. The number of hydrogen-bond acceptors (Lipinski definition) is 4. The fraction of sp³-hybridized carbons (Fsp3) is 0.167. The van der Waals surface area contributed by atoms with E-state index in [9.17, 15) is 10.1 Å². The highest BCUT2D eigenvalue weighted by Crippen LogP contribution is 2.25. The molecule has 0 aliphatic heterocycles. The van der Waals surface area contributed by atoms with Crippen LogP contribution in [-0.2, 0) is 14.1 Å². The van der Waals surface area contributed by atoms with Crippen molar-refractivity contribution in [2.45, 2.75) is 0 Å². The molecule has 0 aliphatic rings. The normalized spacial score (nSPS) is 11.1. The van der Waals surface area contributed by atoms with Gasteiger partial charge < -0.3 is 14.7 Å². The highest BCUT2D eigenvalue weighted by molar-refractivity contribution is 5.79. The van der Waals surface area contributed by atoms with Crippen molar-refractivity contribution < 1.29 is 4.92 Å². The molecule has 0 saturated heterocycles. The van der Waals surface area contributed by atoms with Crippen LogP contribution in [0.5, 0.6) is 0 Å². The average Bonchev–Trinajstić information content (AvgIpc) is 2.91. The second-order valence-electron chi connectivity index (χ2n) is 4.25. The van der Waals surface area contributed by atoms with Crippen LogP contribution < -0.4 is 0 Å². The SMILES string of the molecule is Cn1nc(-c2nc3ccccc3n2C)cc1[N+](=O)[O-]. The largest absolute Gasteiger partial charge is 0.358 e. The number of para-hydroxylation sites is 2. The third-order valence-electron chi connectivity index (χ3n) is 3.06. The van der Waals surface area contributed by atoms with Crippen LogP contribution in [0.15, 0.2) is 30.3 Å². The van der Waals surface area contributed by atoms with Crippen LogP contribution in [0.1, 0.15) is 0 Å². The van der Waals surface area contributed by atoms with E-state index in [0.29, 0.717) is 11.5 Å². The molecule has 0 amide bonds. The molecule has 0 aliphatic carbocycles. The number of nitro groups is 1. The van der Waals surface area contributed by atoms with E-state index in [1.54, 1.807) is 7.05 Å². The van der Waals surface area contributed by atoms with Crippen molar-refractivity contribution >= 4 is 16.9 Å². The van der Waals surface area contributed by atoms with Gasteiger partial charge in [0, 0.05) is 7.05 Å². The van der Waals surface area contributed by atoms with Crippen LogP contribution in [0.25, 0.3) is 22.6 Å². The third-order valence-corrected chi connectivity index (χ3v) is 3.06. The number of imidazole rings is 1. The summed E-state index contributed by atoms with van der Waals surface area (Å²) < 4.78 is 3.12. The first-order chi connectivity index (χ1) is 9.08. The Kier molecular flexibility index (Phi) is 2.34. The molecule has 0 radical (unpaired) electrons. The summed E-state index contributed by atoms with van der Waals surface area (Å²) in [6, 6.07) is 9.11. The van der Waals surface area contributed by atoms with E-state index in [-0.39, 0.29) is 5.82 Å². The van der Waals surface area contributed by atoms with Crippen LogP contribution in [0.2, 0.25) is 0 Å². The molecule has 2 heterocycles. The molecule has 0 spiro atoms. The predicted molar refractivity (Wildman–Crippen MR) is 69.6 cm³/mol. The summed E-state index contributed by atoms with van der Waals surface area (Å²) in [5.41, 5.74) is 2.30. The van der Waals surface area contributed by atoms with Gasteiger partial charge in [0.05, 0.1) is 17.1 Å². The molecular weight excluding hydrogens is 246 g/mol. The number of nitrogens with zero attached hydrogens (tertiary/aromatic N) is 5. The first-order valence-corrected chi connectivity index (χ1v) is 5.68. The van der Waals surface area contributed by atoms with E-state index < -0.39 is 4.92 Å². The Morgan fingerprint density at radius 3 is 2.63 bits per heavy atom. The van der Waals surface area contributed by atoms with Crippen LogP contribution >= 0.6 is 0 Å². The maximum atomic E-state index is 10.8. The lowest BCUT2D eigenvalue weighted by Crippen LogP contribution is -1.98. The number of fused-ring (bicyclic) bond motifs is 1. The van der Waals surface area contributed by atoms with Gasteiger partial charge in [0.25, 0.3) is 0 Å². The number of aryl methyl sites for hydroxylation is 2. The van der Waals surface area contributed by atoms with Gasteiger partial charge in [-0.2, -0.15) is 0 Å². The van der Waals surface area contributed by atoms with Crippen molar-refractivity contribution in [3.8, 4) is 11.5 Å². The number of aromatic nitrogens is 4. The van der Waals surface area contributed by atoms with Crippen molar-refractivity contribution in [3.63, 3.8) is 0 Å². The molecule has 0 saturated carbocycles. The van der Waals surface area contributed by atoms with E-state index in [0.717, 1.165) is 11.0 Å². The standard InChI is InChI=1S/C12H11N5O2/c1-15-10-6-4-3-5-8(10)13-12(15)9-7-11(17(18)19)16(2)14-9/h3-7H,1-2H3. The van der Waals surface area contributed by atoms with Crippen molar-refractivity contribution in [2.75, 3.05) is 0 Å². The van der Waals surface area contributed by atoms with Gasteiger partial charge in [0.1, 0.15) is 7.05 Å². The van der Waals surface area contributed by atoms with Gasteiger partial charge in [-0.25, -0.2) is 4.98 Å². The first-order valence-electron chi connectivity index (χ1n) is 5.68. The first kappa shape index (κ1) is 11.4. The molecule has 96 valence electrons. The highest BCUT2D eigenvalue weighted by atomic mass is 16.6. The van der Waals surface area contributed by atoms with E-state index in [2.05, 4.69) is 10.1 Å². The molecule has 7 nitrogen and oxygen atoms in total. The summed E-state index contributed by atoms with van der Waals surface area (Å²) in [6.07, 6.45) is 0. The Balaban J connectivity index is 2.22. The van der Waals surface area contributed by atoms with Crippen LogP contribution in [0, 0.1) is 10.1 Å². The zero-order valence-corrected chi connectivity index (χ0v) is 10.4. The summed E-state index contributed by atoms with van der Waals surface area (Å²) in [5, 5.41) is 15.0. The van der Waals surface area contributed by atoms with Gasteiger partial charge >= 0.3 is 5.82 Å². The molecule has 7 heteroatoms. The van der Waals surface area contributed by atoms with E-state index in [4.69, 9.17) is 0 Å². The minimum absolute atomic E-state index is 0.0537. The zero-order valence-electron chi connectivity index (χ0n) is 10.4. The van der Waals surface area contributed by atoms with Crippen LogP contribution in [0.3, 0.4) is 0 Å². The molecule has 3 rings (SSSR count). The molecule has 0 fully saturated rings. The number of benzene rings is 1. The Morgan fingerprint density at radius 2 is 2.00 bits per heavy atom. The van der Waals surface area contributed by atoms with Crippen molar-refractivity contribution in [1.29, 1.82) is 0 Å². The molecule has 0 N–H and O–H groups in total. The summed E-state index contributed by atoms with van der Waals surface area (Å²) in [6.45, 7) is 0. The van der Waals surface area contributed by atoms with Crippen LogP contribution in [0.4, 0.5) is 5.82 Å². The predicted octanol–water partition coefficient (Wildman–Crippen LogP) is 1.88. The molecule has 0 bridgehead atoms. The summed E-state index contributed by atoms with van der Waals surface area (Å²) in [7, 11) is 3.41. The van der Waals surface area contributed by atoms with Gasteiger partial charge in [0.15, 0.2) is 11.5 Å². The fourth-order valence-electron chi connectivity index (χ4n) is 2.11. The van der Waals surface area contributed by atoms with Gasteiger partial charge in [-0.05, 0) is 17.1 Å². The molecule has 2 aromatic heterocycles. The van der Waals surface area contributed by atoms with Gasteiger partial charge in [-0.15, -0.1) is 4.68 Å². The minimum Gasteiger partial charge on any atom is -0.358 e.